The fourth-order valence-corrected chi connectivity index (χ4v) is 4.66. The fourth-order valence-electron chi connectivity index (χ4n) is 4.66. The Hall–Kier alpha value is -2.89. The van der Waals surface area contributed by atoms with E-state index in [4.69, 9.17) is 9.31 Å². The first-order valence-corrected chi connectivity index (χ1v) is 10.4. The molecule has 1 saturated heterocycles. The van der Waals surface area contributed by atoms with E-state index in [0.29, 0.717) is 5.39 Å². The number of pyridine rings is 1. The molecule has 1 fully saturated rings. The quantitative estimate of drug-likeness (QED) is 0.310. The minimum Gasteiger partial charge on any atom is -0.399 e. The van der Waals surface area contributed by atoms with Crippen LogP contribution in [0.4, 0.5) is 0 Å². The number of para-hydroxylation sites is 2. The normalized spacial score (nSPS) is 18.3. The largest absolute Gasteiger partial charge is 0.494 e. The summed E-state index contributed by atoms with van der Waals surface area (Å²) in [4.78, 5) is 13.5. The molecule has 0 spiro atoms. The van der Waals surface area contributed by atoms with Gasteiger partial charge in [-0.25, -0.2) is 0 Å². The van der Waals surface area contributed by atoms with Gasteiger partial charge in [-0.05, 0) is 50.7 Å². The minimum absolute atomic E-state index is 0.00960. The predicted octanol–water partition coefficient (Wildman–Crippen LogP) is 4.50. The number of benzene rings is 3. The SMILES string of the molecule is CC1(C)OB(c2ccc3c(=O)n4c5ccccc5c5cccc(c3c2)c54)OC1(C)C. The number of fused-ring (bicyclic) bond motifs is 5. The molecule has 1 aliphatic rings. The van der Waals surface area contributed by atoms with Gasteiger partial charge in [0.2, 0.25) is 0 Å². The average Bonchev–Trinajstić information content (AvgIpc) is 3.17. The Morgan fingerprint density at radius 1 is 0.733 bits per heavy atom. The van der Waals surface area contributed by atoms with Crippen LogP contribution < -0.4 is 11.0 Å². The van der Waals surface area contributed by atoms with Crippen LogP contribution in [0.1, 0.15) is 27.7 Å². The lowest BCUT2D eigenvalue weighted by Gasteiger charge is -2.32. The Morgan fingerprint density at radius 2 is 1.37 bits per heavy atom. The van der Waals surface area contributed by atoms with E-state index in [9.17, 15) is 4.79 Å². The molecule has 0 radical (unpaired) electrons. The highest BCUT2D eigenvalue weighted by Gasteiger charge is 2.51. The van der Waals surface area contributed by atoms with Crippen molar-refractivity contribution >= 4 is 50.5 Å². The van der Waals surface area contributed by atoms with E-state index in [0.717, 1.165) is 38.0 Å². The molecule has 5 aromatic rings. The second kappa shape index (κ2) is 5.62. The van der Waals surface area contributed by atoms with Crippen LogP contribution in [0.3, 0.4) is 0 Å². The maximum atomic E-state index is 13.5. The van der Waals surface area contributed by atoms with Crippen LogP contribution in [-0.2, 0) is 9.31 Å². The van der Waals surface area contributed by atoms with Crippen molar-refractivity contribution in [2.24, 2.45) is 0 Å². The molecule has 30 heavy (non-hydrogen) atoms. The molecule has 0 aliphatic carbocycles. The van der Waals surface area contributed by atoms with E-state index in [-0.39, 0.29) is 5.56 Å². The molecule has 3 aromatic carbocycles. The number of nitrogens with zero attached hydrogens (tertiary/aromatic N) is 1. The van der Waals surface area contributed by atoms with Crippen LogP contribution >= 0.6 is 0 Å². The zero-order chi connectivity index (χ0) is 20.8. The lowest BCUT2D eigenvalue weighted by molar-refractivity contribution is 0.00578. The summed E-state index contributed by atoms with van der Waals surface area (Å²) in [6.07, 6.45) is 0. The number of rotatable bonds is 1. The lowest BCUT2D eigenvalue weighted by atomic mass is 9.78. The monoisotopic (exact) mass is 395 g/mol. The number of hydrogen-bond acceptors (Lipinski definition) is 3. The molecule has 0 N–H and O–H groups in total. The third kappa shape index (κ3) is 2.17. The first kappa shape index (κ1) is 17.9. The van der Waals surface area contributed by atoms with Crippen LogP contribution in [-0.4, -0.2) is 22.7 Å². The Balaban J connectivity index is 1.68. The van der Waals surface area contributed by atoms with E-state index < -0.39 is 18.3 Å². The van der Waals surface area contributed by atoms with Crippen LogP contribution in [0.2, 0.25) is 0 Å². The molecule has 0 atom stereocenters. The summed E-state index contributed by atoms with van der Waals surface area (Å²) in [6.45, 7) is 8.20. The van der Waals surface area contributed by atoms with Gasteiger partial charge in [-0.2, -0.15) is 0 Å². The molecule has 148 valence electrons. The first-order chi connectivity index (χ1) is 14.3. The summed E-state index contributed by atoms with van der Waals surface area (Å²) in [5.74, 6) is 0. The fraction of sp³-hybridized carbons (Fsp3) is 0.240. The van der Waals surface area contributed by atoms with E-state index in [1.165, 1.54) is 0 Å². The second-order valence-corrected chi connectivity index (χ2v) is 9.25. The summed E-state index contributed by atoms with van der Waals surface area (Å²) in [7, 11) is -0.456. The summed E-state index contributed by atoms with van der Waals surface area (Å²) in [5, 5.41) is 4.91. The molecule has 1 aliphatic heterocycles. The molecule has 0 bridgehead atoms. The van der Waals surface area contributed by atoms with Crippen LogP contribution in [0.25, 0.3) is 38.0 Å². The van der Waals surface area contributed by atoms with Crippen LogP contribution in [0.5, 0.6) is 0 Å². The Morgan fingerprint density at radius 3 is 2.10 bits per heavy atom. The van der Waals surface area contributed by atoms with Gasteiger partial charge in [0.25, 0.3) is 5.56 Å². The van der Waals surface area contributed by atoms with Crippen molar-refractivity contribution in [3.05, 3.63) is 71.0 Å². The van der Waals surface area contributed by atoms with E-state index in [1.54, 1.807) is 0 Å². The molecule has 0 unspecified atom stereocenters. The zero-order valence-corrected chi connectivity index (χ0v) is 17.5. The van der Waals surface area contributed by atoms with Crippen molar-refractivity contribution in [2.75, 3.05) is 0 Å². The van der Waals surface area contributed by atoms with Gasteiger partial charge >= 0.3 is 7.12 Å². The molecule has 6 rings (SSSR count). The second-order valence-electron chi connectivity index (χ2n) is 9.25. The van der Waals surface area contributed by atoms with Gasteiger partial charge in [0.1, 0.15) is 0 Å². The summed E-state index contributed by atoms with van der Waals surface area (Å²) >= 11 is 0. The zero-order valence-electron chi connectivity index (χ0n) is 17.5. The highest BCUT2D eigenvalue weighted by Crippen LogP contribution is 2.37. The van der Waals surface area contributed by atoms with E-state index in [2.05, 4.69) is 30.3 Å². The first-order valence-electron chi connectivity index (χ1n) is 10.4. The van der Waals surface area contributed by atoms with Gasteiger partial charge < -0.3 is 9.31 Å². The van der Waals surface area contributed by atoms with Gasteiger partial charge in [0, 0.05) is 21.5 Å². The van der Waals surface area contributed by atoms with Gasteiger partial charge in [-0.15, -0.1) is 0 Å². The molecular weight excluding hydrogens is 373 g/mol. The molecule has 0 saturated carbocycles. The summed E-state index contributed by atoms with van der Waals surface area (Å²) in [5.41, 5.74) is 2.05. The van der Waals surface area contributed by atoms with Crippen molar-refractivity contribution in [1.29, 1.82) is 0 Å². The van der Waals surface area contributed by atoms with Crippen molar-refractivity contribution in [3.8, 4) is 0 Å². The molecule has 0 amide bonds. The molecular formula is C25H22BNO3. The smallest absolute Gasteiger partial charge is 0.399 e. The molecule has 2 aromatic heterocycles. The average molecular weight is 395 g/mol. The van der Waals surface area contributed by atoms with Gasteiger partial charge in [0.15, 0.2) is 0 Å². The number of aromatic nitrogens is 1. The minimum atomic E-state index is -0.456. The van der Waals surface area contributed by atoms with Crippen LogP contribution in [0, 0.1) is 0 Å². The summed E-state index contributed by atoms with van der Waals surface area (Å²) < 4.78 is 14.4. The third-order valence-electron chi connectivity index (χ3n) is 6.99. The molecule has 5 heteroatoms. The van der Waals surface area contributed by atoms with Crippen molar-refractivity contribution in [3.63, 3.8) is 0 Å². The summed E-state index contributed by atoms with van der Waals surface area (Å²) in [6, 6.07) is 20.3. The van der Waals surface area contributed by atoms with Crippen LogP contribution in [0.15, 0.2) is 65.5 Å². The Labute approximate surface area is 174 Å². The van der Waals surface area contributed by atoms with Crippen molar-refractivity contribution < 1.29 is 9.31 Å². The topological polar surface area (TPSA) is 39.9 Å². The molecule has 3 heterocycles. The third-order valence-corrected chi connectivity index (χ3v) is 6.99. The molecule has 4 nitrogen and oxygen atoms in total. The maximum absolute atomic E-state index is 13.5. The van der Waals surface area contributed by atoms with E-state index >= 15 is 0 Å². The maximum Gasteiger partial charge on any atom is 0.494 e. The standard InChI is InChI=1S/C25H22BNO3/c1-24(2)25(3,4)30-26(29-24)15-12-13-19-20(14-15)18-10-7-9-17-16-8-5-6-11-21(16)27(22(17)18)23(19)28/h5-14H,1-4H3. The Kier molecular flexibility index (Phi) is 3.36. The highest BCUT2D eigenvalue weighted by atomic mass is 16.7. The lowest BCUT2D eigenvalue weighted by Crippen LogP contribution is -2.41. The van der Waals surface area contributed by atoms with Gasteiger partial charge in [-0.1, -0.05) is 48.5 Å². The van der Waals surface area contributed by atoms with Crippen molar-refractivity contribution in [1.82, 2.24) is 4.40 Å². The van der Waals surface area contributed by atoms with Crippen molar-refractivity contribution in [2.45, 2.75) is 38.9 Å². The van der Waals surface area contributed by atoms with Gasteiger partial charge in [0.05, 0.1) is 22.2 Å². The van der Waals surface area contributed by atoms with E-state index in [1.807, 2.05) is 62.4 Å². The predicted molar refractivity (Wildman–Crippen MR) is 123 cm³/mol. The Bertz CT molecular complexity index is 1520. The van der Waals surface area contributed by atoms with Gasteiger partial charge in [-0.3, -0.25) is 9.20 Å². The highest BCUT2D eigenvalue weighted by molar-refractivity contribution is 6.62. The number of hydrogen-bond donors (Lipinski definition) is 0.